The van der Waals surface area contributed by atoms with E-state index in [0.717, 1.165) is 0 Å². The van der Waals surface area contributed by atoms with Gasteiger partial charge in [0.05, 0.1) is 12.1 Å². The summed E-state index contributed by atoms with van der Waals surface area (Å²) >= 11 is 5.79. The molecule has 5 heteroatoms. The van der Waals surface area contributed by atoms with Crippen LogP contribution in [0.5, 0.6) is 11.5 Å². The first-order valence-corrected chi connectivity index (χ1v) is 4.75. The molecule has 0 radical (unpaired) electrons. The molecule has 0 fully saturated rings. The second-order valence-electron chi connectivity index (χ2n) is 3.18. The Morgan fingerprint density at radius 1 is 1.53 bits per heavy atom. The summed E-state index contributed by atoms with van der Waals surface area (Å²) in [6.07, 6.45) is 0. The van der Waals surface area contributed by atoms with Crippen LogP contribution in [-0.2, 0) is 0 Å². The first-order valence-electron chi connectivity index (χ1n) is 4.37. The van der Waals surface area contributed by atoms with E-state index in [1.807, 2.05) is 0 Å². The minimum atomic E-state index is -0.419. The molecule has 1 rings (SSSR count). The molecule has 0 bridgehead atoms. The van der Waals surface area contributed by atoms with Gasteiger partial charge in [0.25, 0.3) is 0 Å². The maximum atomic E-state index is 11.6. The monoisotopic (exact) mass is 229 g/mol. The van der Waals surface area contributed by atoms with Crippen LogP contribution < -0.4 is 5.32 Å². The highest BCUT2D eigenvalue weighted by atomic mass is 35.5. The number of hydrogen-bond donors (Lipinski definition) is 3. The van der Waals surface area contributed by atoms with Crippen molar-refractivity contribution < 1.29 is 15.0 Å². The van der Waals surface area contributed by atoms with E-state index in [-0.39, 0.29) is 28.7 Å². The highest BCUT2D eigenvalue weighted by Crippen LogP contribution is 2.36. The highest BCUT2D eigenvalue weighted by molar-refractivity contribution is 6.32. The Kier molecular flexibility index (Phi) is 3.55. The third kappa shape index (κ3) is 2.22. The van der Waals surface area contributed by atoms with Crippen LogP contribution in [0.1, 0.15) is 15.9 Å². The highest BCUT2D eigenvalue weighted by Gasteiger charge is 2.19. The summed E-state index contributed by atoms with van der Waals surface area (Å²) in [6.45, 7) is 1.69. The fourth-order valence-electron chi connectivity index (χ4n) is 1.31. The van der Waals surface area contributed by atoms with Crippen LogP contribution in [0.4, 0.5) is 0 Å². The van der Waals surface area contributed by atoms with Crippen molar-refractivity contribution in [3.8, 4) is 11.5 Å². The largest absolute Gasteiger partial charge is 0.504 e. The lowest BCUT2D eigenvalue weighted by atomic mass is 10.0. The van der Waals surface area contributed by atoms with E-state index < -0.39 is 5.75 Å². The van der Waals surface area contributed by atoms with Crippen molar-refractivity contribution in [2.24, 2.45) is 0 Å². The van der Waals surface area contributed by atoms with Gasteiger partial charge in [-0.2, -0.15) is 0 Å². The van der Waals surface area contributed by atoms with Gasteiger partial charge in [-0.15, -0.1) is 0 Å². The number of likely N-dealkylation sites (N-methyl/N-ethyl adjacent to an activating group) is 1. The predicted octanol–water partition coefficient (Wildman–Crippen LogP) is 1.46. The molecule has 4 nitrogen and oxygen atoms in total. The molecule has 0 atom stereocenters. The lowest BCUT2D eigenvalue weighted by Gasteiger charge is -2.10. The van der Waals surface area contributed by atoms with Gasteiger partial charge in [-0.3, -0.25) is 4.79 Å². The lowest BCUT2D eigenvalue weighted by molar-refractivity contribution is 0.0989. The third-order valence-corrected chi connectivity index (χ3v) is 2.48. The average Bonchev–Trinajstić information content (AvgIpc) is 2.16. The maximum absolute atomic E-state index is 11.6. The zero-order chi connectivity index (χ0) is 11.6. The molecule has 15 heavy (non-hydrogen) atoms. The standard InChI is InChI=1S/C10H12ClNO3/c1-5-6(11)3-7(13)10(15)9(5)8(14)4-12-2/h3,12-13,15H,4H2,1-2H3. The zero-order valence-electron chi connectivity index (χ0n) is 8.47. The van der Waals surface area contributed by atoms with Gasteiger partial charge in [0.15, 0.2) is 17.3 Å². The van der Waals surface area contributed by atoms with Gasteiger partial charge in [0.2, 0.25) is 0 Å². The molecule has 0 saturated heterocycles. The number of ketones is 1. The third-order valence-electron chi connectivity index (χ3n) is 2.09. The molecule has 82 valence electrons. The number of hydrogen-bond acceptors (Lipinski definition) is 4. The number of benzene rings is 1. The summed E-state index contributed by atoms with van der Waals surface area (Å²) < 4.78 is 0. The van der Waals surface area contributed by atoms with Crippen LogP contribution in [0.2, 0.25) is 5.02 Å². The number of phenolic OH excluding ortho intramolecular Hbond substituents is 2. The Balaban J connectivity index is 3.32. The minimum absolute atomic E-state index is 0.0642. The number of rotatable bonds is 3. The van der Waals surface area contributed by atoms with Crippen LogP contribution in [0.25, 0.3) is 0 Å². The fourth-order valence-corrected chi connectivity index (χ4v) is 1.51. The molecule has 3 N–H and O–H groups in total. The Labute approximate surface area is 92.5 Å². The molecule has 0 amide bonds. The van der Waals surface area contributed by atoms with Crippen LogP contribution >= 0.6 is 11.6 Å². The first-order chi connectivity index (χ1) is 6.99. The predicted molar refractivity (Wildman–Crippen MR) is 57.8 cm³/mol. The Hall–Kier alpha value is -1.26. The quantitative estimate of drug-likeness (QED) is 0.542. The van der Waals surface area contributed by atoms with Crippen molar-refractivity contribution in [1.29, 1.82) is 0 Å². The van der Waals surface area contributed by atoms with Crippen molar-refractivity contribution in [2.45, 2.75) is 6.92 Å². The normalized spacial score (nSPS) is 10.3. The number of halogens is 1. The molecular formula is C10H12ClNO3. The topological polar surface area (TPSA) is 69.6 Å². The molecule has 0 unspecified atom stereocenters. The van der Waals surface area contributed by atoms with Crippen molar-refractivity contribution in [2.75, 3.05) is 13.6 Å². The van der Waals surface area contributed by atoms with E-state index in [1.54, 1.807) is 14.0 Å². The molecule has 0 aliphatic carbocycles. The molecule has 0 saturated carbocycles. The van der Waals surface area contributed by atoms with E-state index in [9.17, 15) is 15.0 Å². The van der Waals surface area contributed by atoms with Gasteiger partial charge in [0, 0.05) is 11.1 Å². The zero-order valence-corrected chi connectivity index (χ0v) is 9.22. The van der Waals surface area contributed by atoms with Crippen molar-refractivity contribution in [3.05, 3.63) is 22.2 Å². The fraction of sp³-hybridized carbons (Fsp3) is 0.300. The van der Waals surface area contributed by atoms with Crippen molar-refractivity contribution >= 4 is 17.4 Å². The molecular weight excluding hydrogens is 218 g/mol. The molecule has 0 aliphatic rings. The second kappa shape index (κ2) is 4.51. The second-order valence-corrected chi connectivity index (χ2v) is 3.59. The Morgan fingerprint density at radius 3 is 2.67 bits per heavy atom. The van der Waals surface area contributed by atoms with Crippen molar-refractivity contribution in [3.63, 3.8) is 0 Å². The summed E-state index contributed by atoms with van der Waals surface area (Å²) in [4.78, 5) is 11.6. The van der Waals surface area contributed by atoms with E-state index >= 15 is 0 Å². The first kappa shape index (κ1) is 11.8. The van der Waals surface area contributed by atoms with Gasteiger partial charge >= 0.3 is 0 Å². The summed E-state index contributed by atoms with van der Waals surface area (Å²) in [5.74, 6) is -1.12. The van der Waals surface area contributed by atoms with Gasteiger partial charge in [-0.05, 0) is 19.5 Å². The van der Waals surface area contributed by atoms with E-state index in [4.69, 9.17) is 11.6 Å². The minimum Gasteiger partial charge on any atom is -0.504 e. The van der Waals surface area contributed by atoms with Crippen LogP contribution in [0.3, 0.4) is 0 Å². The van der Waals surface area contributed by atoms with E-state index in [1.165, 1.54) is 6.07 Å². The molecule has 0 aliphatic heterocycles. The number of Topliss-reactive ketones (excluding diaryl/α,β-unsaturated/α-hetero) is 1. The number of nitrogens with one attached hydrogen (secondary N) is 1. The molecule has 0 heterocycles. The SMILES string of the molecule is CNCC(=O)c1c(C)c(Cl)cc(O)c1O. The Bertz CT molecular complexity index is 378. The maximum Gasteiger partial charge on any atom is 0.180 e. The van der Waals surface area contributed by atoms with Crippen LogP contribution in [-0.4, -0.2) is 29.6 Å². The average molecular weight is 230 g/mol. The molecule has 0 aromatic heterocycles. The number of carbonyl (C=O) groups excluding carboxylic acids is 1. The summed E-state index contributed by atoms with van der Waals surface area (Å²) in [6, 6.07) is 1.21. The molecule has 1 aromatic carbocycles. The van der Waals surface area contributed by atoms with Gasteiger partial charge in [0.1, 0.15) is 0 Å². The van der Waals surface area contributed by atoms with Gasteiger partial charge < -0.3 is 15.5 Å². The summed E-state index contributed by atoms with van der Waals surface area (Å²) in [5, 5.41) is 21.8. The van der Waals surface area contributed by atoms with Crippen LogP contribution in [0.15, 0.2) is 6.07 Å². The smallest absolute Gasteiger partial charge is 0.180 e. The van der Waals surface area contributed by atoms with E-state index in [0.29, 0.717) is 5.56 Å². The lowest BCUT2D eigenvalue weighted by Crippen LogP contribution is -2.19. The van der Waals surface area contributed by atoms with Gasteiger partial charge in [-0.1, -0.05) is 11.6 Å². The van der Waals surface area contributed by atoms with Crippen molar-refractivity contribution in [1.82, 2.24) is 5.32 Å². The van der Waals surface area contributed by atoms with Crippen LogP contribution in [0, 0.1) is 6.92 Å². The molecule has 0 spiro atoms. The molecule has 1 aromatic rings. The number of phenols is 2. The van der Waals surface area contributed by atoms with Gasteiger partial charge in [-0.25, -0.2) is 0 Å². The summed E-state index contributed by atoms with van der Waals surface area (Å²) in [7, 11) is 1.62. The van der Waals surface area contributed by atoms with E-state index in [2.05, 4.69) is 5.32 Å². The summed E-state index contributed by atoms with van der Waals surface area (Å²) in [5.41, 5.74) is 0.529. The Morgan fingerprint density at radius 2 is 2.13 bits per heavy atom. The number of carbonyl (C=O) groups is 1. The number of aromatic hydroxyl groups is 2.